The highest BCUT2D eigenvalue weighted by atomic mass is 16.4. The first kappa shape index (κ1) is 12.6. The summed E-state index contributed by atoms with van der Waals surface area (Å²) in [5.74, 6) is -0.0857. The van der Waals surface area contributed by atoms with Gasteiger partial charge in [-0.15, -0.1) is 0 Å². The summed E-state index contributed by atoms with van der Waals surface area (Å²) < 4.78 is 61.5. The average molecular weight is 347 g/mol. The highest BCUT2D eigenvalue weighted by molar-refractivity contribution is 5.83. The summed E-state index contributed by atoms with van der Waals surface area (Å²) in [5, 5.41) is 41.2. The molecule has 23 heavy (non-hydrogen) atoms. The molecule has 0 amide bonds. The van der Waals surface area contributed by atoms with E-state index in [9.17, 15) is 9.59 Å². The zero-order chi connectivity index (χ0) is 23.6. The zero-order valence-corrected chi connectivity index (χ0v) is 11.6. The maximum absolute atomic E-state index is 9.77. The van der Waals surface area contributed by atoms with E-state index in [1.165, 1.54) is 0 Å². The molecule has 0 heterocycles. The van der Waals surface area contributed by atoms with Gasteiger partial charge in [0, 0.05) is 17.0 Å². The van der Waals surface area contributed by atoms with Gasteiger partial charge in [-0.25, -0.2) is 9.59 Å². The van der Waals surface area contributed by atoms with Crippen LogP contribution in [0.2, 0.25) is 0 Å². The Kier molecular flexibility index (Phi) is 7.57. The van der Waals surface area contributed by atoms with Crippen LogP contribution in [0.25, 0.3) is 0 Å². The van der Waals surface area contributed by atoms with E-state index >= 15 is 0 Å². The molecule has 1 aliphatic rings. The maximum atomic E-state index is 9.77. The third-order valence-corrected chi connectivity index (χ3v) is 2.25. The Morgan fingerprint density at radius 1 is 1.22 bits per heavy atom. The largest absolute Gasteiger partial charge is 0.479 e. The van der Waals surface area contributed by atoms with Crippen molar-refractivity contribution in [2.75, 3.05) is 0 Å². The van der Waals surface area contributed by atoms with E-state index in [0.717, 1.165) is 0 Å². The molecule has 1 aliphatic carbocycles. The molecule has 0 bridgehead atoms. The van der Waals surface area contributed by atoms with Crippen molar-refractivity contribution in [2.45, 2.75) is 50.2 Å². The van der Waals surface area contributed by atoms with Crippen LogP contribution in [0.4, 0.5) is 0 Å². The molecule has 0 aromatic rings. The molecule has 0 aromatic carbocycles. The first-order chi connectivity index (χ1) is 12.9. The van der Waals surface area contributed by atoms with Crippen LogP contribution in [0.5, 0.6) is 0 Å². The summed E-state index contributed by atoms with van der Waals surface area (Å²) in [5.41, 5.74) is 2.10. The molecule has 11 heteroatoms. The number of hydrogen-bond donors (Lipinski definition) is 6. The van der Waals surface area contributed by atoms with Crippen molar-refractivity contribution in [1.29, 1.82) is 5.26 Å². The molecule has 1 saturated carbocycles. The van der Waals surface area contributed by atoms with Crippen molar-refractivity contribution >= 4 is 11.9 Å². The Hall–Kier alpha value is -1.81. The van der Waals surface area contributed by atoms with Crippen molar-refractivity contribution in [3.8, 4) is 6.07 Å². The maximum Gasteiger partial charge on any atom is 0.335 e. The van der Waals surface area contributed by atoms with Crippen molar-refractivity contribution < 1.29 is 51.9 Å². The normalized spacial score (nSPS) is 31.0. The second-order valence-electron chi connectivity index (χ2n) is 3.72. The second-order valence-corrected chi connectivity index (χ2v) is 3.72. The number of nitrogens with two attached hydrogens (primary N) is 1. The Morgan fingerprint density at radius 2 is 1.61 bits per heavy atom. The number of aliphatic hydroxyl groups is 2. The Morgan fingerprint density at radius 3 is 1.87 bits per heavy atom. The quantitative estimate of drug-likeness (QED) is 0.213. The van der Waals surface area contributed by atoms with Crippen molar-refractivity contribution in [2.24, 2.45) is 11.8 Å². The highest BCUT2D eigenvalue weighted by Crippen LogP contribution is 2.28. The number of hydrazine groups is 1. The minimum atomic E-state index is -3.04. The number of hydrogen-bond acceptors (Lipinski definition) is 7. The lowest BCUT2D eigenvalue weighted by Gasteiger charge is -2.18. The lowest BCUT2D eigenvalue weighted by atomic mass is 9.97. The monoisotopic (exact) mass is 347 g/mol. The zero-order valence-electron chi connectivity index (χ0n) is 19.6. The number of nitrogens with one attached hydrogen (secondary N) is 1. The number of carbonyl (C=O) groups is 2. The second kappa shape index (κ2) is 13.8. The third kappa shape index (κ3) is 9.74. The summed E-state index contributed by atoms with van der Waals surface area (Å²) in [4.78, 5) is 19.5. The number of carboxylic acid groups (broad SMARTS) is 2. The predicted octanol–water partition coefficient (Wildman–Crippen LogP) is -2.85. The first-order valence-electron chi connectivity index (χ1n) is 9.51. The van der Waals surface area contributed by atoms with Crippen LogP contribution in [-0.2, 0) is 9.59 Å². The summed E-state index contributed by atoms with van der Waals surface area (Å²) in [6, 6.07) is 0.513. The fourth-order valence-electron chi connectivity index (χ4n) is 1.11. The van der Waals surface area contributed by atoms with Gasteiger partial charge in [0.05, 0.1) is 12.5 Å². The molecule has 0 aromatic heterocycles. The van der Waals surface area contributed by atoms with Gasteiger partial charge in [0.2, 0.25) is 0 Å². The van der Waals surface area contributed by atoms with Gasteiger partial charge in [-0.3, -0.25) is 11.3 Å². The van der Waals surface area contributed by atoms with Crippen LogP contribution in [0.3, 0.4) is 0 Å². The van der Waals surface area contributed by atoms with E-state index in [0.29, 0.717) is 0 Å². The summed E-state index contributed by atoms with van der Waals surface area (Å²) in [6.07, 6.45) is -16.6. The molecule has 1 rings (SSSR count). The van der Waals surface area contributed by atoms with Gasteiger partial charge in [0.15, 0.2) is 12.2 Å². The van der Waals surface area contributed by atoms with E-state index < -0.39 is 61.6 Å². The van der Waals surface area contributed by atoms with Crippen LogP contribution in [0.15, 0.2) is 0 Å². The van der Waals surface area contributed by atoms with Crippen molar-refractivity contribution in [3.05, 3.63) is 0 Å². The number of rotatable bonds is 6. The third-order valence-electron chi connectivity index (χ3n) is 2.25. The van der Waals surface area contributed by atoms with Crippen LogP contribution in [-0.4, -0.2) is 61.6 Å². The van der Waals surface area contributed by atoms with Crippen LogP contribution in [0.1, 0.15) is 42.9 Å². The van der Waals surface area contributed by atoms with Crippen molar-refractivity contribution in [1.82, 2.24) is 5.43 Å². The average Bonchev–Trinajstić information content (AvgIpc) is 2.65. The van der Waals surface area contributed by atoms with E-state index in [1.807, 2.05) is 0 Å². The lowest BCUT2D eigenvalue weighted by Crippen LogP contribution is -2.39. The SMILES string of the molecule is O.O.O=C(O)[C@H](O)[C@@H](O)C(=O)O.[2H]C1([2H])C(C(CC#N)NN)C([2H])([2H])C([2H])([2H])C1([2H])[2H]. The summed E-state index contributed by atoms with van der Waals surface area (Å²) in [7, 11) is 0. The Bertz CT molecular complexity index is 631. The first-order valence-corrected chi connectivity index (χ1v) is 5.51. The van der Waals surface area contributed by atoms with Gasteiger partial charge < -0.3 is 31.4 Å². The Balaban J connectivity index is -0.000000563. The fourth-order valence-corrected chi connectivity index (χ4v) is 1.11. The van der Waals surface area contributed by atoms with Gasteiger partial charge in [0.1, 0.15) is 0 Å². The summed E-state index contributed by atoms with van der Waals surface area (Å²) in [6.45, 7) is 0. The number of nitriles is 1. The number of carboxylic acids is 2. The van der Waals surface area contributed by atoms with E-state index in [2.05, 4.69) is 5.43 Å². The van der Waals surface area contributed by atoms with Crippen LogP contribution >= 0.6 is 0 Å². The topological polar surface area (TPSA) is 240 Å². The standard InChI is InChI=1S/C8H15N3.C4H6O6.2H2O/c9-6-5-8(11-10)7-3-1-2-4-7;5-1(3(7)8)2(6)4(9)10;;/h7-8,11H,1-5,10H2;1-2,5-6H,(H,7,8)(H,9,10);2*1H2/t;1-,2-;;/m.1../s1/i1D2,2D2,3D2,4D2;;;. The molecule has 1 unspecified atom stereocenters. The molecule has 136 valence electrons. The Labute approximate surface area is 144 Å². The fraction of sp³-hybridized carbons (Fsp3) is 0.750. The molecule has 11 nitrogen and oxygen atoms in total. The molecular formula is C12H25N3O8. The van der Waals surface area contributed by atoms with Crippen LogP contribution < -0.4 is 11.3 Å². The predicted molar refractivity (Wildman–Crippen MR) is 77.8 cm³/mol. The molecule has 0 aliphatic heterocycles. The molecular weight excluding hydrogens is 314 g/mol. The number of aliphatic hydroxyl groups excluding tert-OH is 2. The van der Waals surface area contributed by atoms with Gasteiger partial charge in [-0.2, -0.15) is 5.26 Å². The van der Waals surface area contributed by atoms with E-state index in [1.54, 1.807) is 6.07 Å². The minimum absolute atomic E-state index is 0. The van der Waals surface area contributed by atoms with Gasteiger partial charge in [-0.05, 0) is 18.7 Å². The minimum Gasteiger partial charge on any atom is -0.479 e. The summed E-state index contributed by atoms with van der Waals surface area (Å²) >= 11 is 0. The van der Waals surface area contributed by atoms with Gasteiger partial charge in [0.25, 0.3) is 0 Å². The van der Waals surface area contributed by atoms with E-state index in [4.69, 9.17) is 42.5 Å². The lowest BCUT2D eigenvalue weighted by molar-refractivity contribution is -0.165. The highest BCUT2D eigenvalue weighted by Gasteiger charge is 2.29. The molecule has 0 saturated heterocycles. The van der Waals surface area contributed by atoms with Crippen LogP contribution in [0, 0.1) is 17.2 Å². The molecule has 11 N–H and O–H groups in total. The molecule has 1 fully saturated rings. The van der Waals surface area contributed by atoms with Gasteiger partial charge >= 0.3 is 11.9 Å². The number of aliphatic carboxylic acids is 2. The smallest absolute Gasteiger partial charge is 0.335 e. The van der Waals surface area contributed by atoms with E-state index in [-0.39, 0.29) is 17.4 Å². The molecule has 0 spiro atoms. The number of nitrogens with zero attached hydrogens (tertiary/aromatic N) is 1. The van der Waals surface area contributed by atoms with Gasteiger partial charge in [-0.1, -0.05) is 12.7 Å². The van der Waals surface area contributed by atoms with Crippen molar-refractivity contribution in [3.63, 3.8) is 0 Å². The molecule has 3 atom stereocenters. The molecule has 0 radical (unpaired) electrons.